The van der Waals surface area contributed by atoms with Gasteiger partial charge in [-0.15, -0.1) is 0 Å². The van der Waals surface area contributed by atoms with Gasteiger partial charge in [0.05, 0.1) is 16.8 Å². The van der Waals surface area contributed by atoms with Crippen molar-refractivity contribution in [3.8, 4) is 0 Å². The molecule has 2 amide bonds. The third-order valence-corrected chi connectivity index (χ3v) is 3.73. The van der Waals surface area contributed by atoms with E-state index < -0.39 is 10.8 Å². The maximum atomic E-state index is 12.4. The van der Waals surface area contributed by atoms with E-state index in [0.29, 0.717) is 12.1 Å². The highest BCUT2D eigenvalue weighted by atomic mass is 16.6. The predicted molar refractivity (Wildman–Crippen MR) is 96.2 cm³/mol. The Morgan fingerprint density at radius 1 is 1.31 bits per heavy atom. The van der Waals surface area contributed by atoms with E-state index in [2.05, 4.69) is 15.7 Å². The molecule has 9 heteroatoms. The molecule has 26 heavy (non-hydrogen) atoms. The molecule has 1 aromatic carbocycles. The Morgan fingerprint density at radius 2 is 2.00 bits per heavy atom. The van der Waals surface area contributed by atoms with Gasteiger partial charge >= 0.3 is 0 Å². The summed E-state index contributed by atoms with van der Waals surface area (Å²) < 4.78 is 1.38. The highest BCUT2D eigenvalue weighted by molar-refractivity contribution is 6.08. The van der Waals surface area contributed by atoms with Crippen LogP contribution in [0, 0.1) is 23.0 Å². The lowest BCUT2D eigenvalue weighted by Gasteiger charge is -2.10. The molecule has 0 atom stereocenters. The van der Waals surface area contributed by atoms with Gasteiger partial charge in [-0.1, -0.05) is 13.8 Å². The summed E-state index contributed by atoms with van der Waals surface area (Å²) >= 11 is 0. The topological polar surface area (TPSA) is 119 Å². The number of carbonyl (C=O) groups is 2. The zero-order valence-electron chi connectivity index (χ0n) is 15.1. The number of hydrogen-bond acceptors (Lipinski definition) is 5. The lowest BCUT2D eigenvalue weighted by molar-refractivity contribution is -0.385. The number of carbonyl (C=O) groups excluding carboxylic acids is 2. The van der Waals surface area contributed by atoms with Crippen LogP contribution in [0.4, 0.5) is 11.4 Å². The smallest absolute Gasteiger partial charge is 0.272 e. The Bertz CT molecular complexity index is 857. The van der Waals surface area contributed by atoms with Gasteiger partial charge < -0.3 is 10.6 Å². The van der Waals surface area contributed by atoms with Gasteiger partial charge in [-0.2, -0.15) is 5.10 Å². The molecule has 0 unspecified atom stereocenters. The number of aryl methyl sites for hydroxylation is 2. The van der Waals surface area contributed by atoms with Crippen LogP contribution >= 0.6 is 0 Å². The number of aromatic nitrogens is 2. The fourth-order valence-corrected chi connectivity index (χ4v) is 2.37. The Kier molecular flexibility index (Phi) is 5.71. The number of nitrogens with zero attached hydrogens (tertiary/aromatic N) is 3. The Hall–Kier alpha value is -3.23. The third-order valence-electron chi connectivity index (χ3n) is 3.73. The molecule has 0 spiro atoms. The second-order valence-electron chi connectivity index (χ2n) is 6.35. The molecule has 0 aliphatic carbocycles. The van der Waals surface area contributed by atoms with E-state index in [4.69, 9.17) is 0 Å². The number of amides is 2. The molecule has 2 N–H and O–H groups in total. The number of anilines is 1. The molecule has 138 valence electrons. The minimum atomic E-state index is -0.505. The van der Waals surface area contributed by atoms with Crippen LogP contribution < -0.4 is 10.6 Å². The van der Waals surface area contributed by atoms with Crippen molar-refractivity contribution in [2.75, 3.05) is 11.9 Å². The van der Waals surface area contributed by atoms with E-state index in [1.54, 1.807) is 14.0 Å². The van der Waals surface area contributed by atoms with Crippen LogP contribution in [-0.2, 0) is 7.05 Å². The van der Waals surface area contributed by atoms with E-state index in [0.717, 1.165) is 0 Å². The van der Waals surface area contributed by atoms with E-state index in [1.807, 2.05) is 13.8 Å². The Morgan fingerprint density at radius 3 is 2.58 bits per heavy atom. The first-order valence-electron chi connectivity index (χ1n) is 8.07. The number of hydrogen-bond donors (Lipinski definition) is 2. The molecule has 0 saturated heterocycles. The zero-order chi connectivity index (χ0) is 19.4. The van der Waals surface area contributed by atoms with Gasteiger partial charge in [0.15, 0.2) is 0 Å². The molecule has 0 fully saturated rings. The molecule has 0 saturated carbocycles. The molecule has 2 aromatic rings. The number of rotatable bonds is 6. The lowest BCUT2D eigenvalue weighted by atomic mass is 10.1. The zero-order valence-corrected chi connectivity index (χ0v) is 15.1. The minimum Gasteiger partial charge on any atom is -0.350 e. The largest absolute Gasteiger partial charge is 0.350 e. The summed E-state index contributed by atoms with van der Waals surface area (Å²) in [5.41, 5.74) is 1.08. The van der Waals surface area contributed by atoms with Crippen molar-refractivity contribution in [3.05, 3.63) is 51.3 Å². The van der Waals surface area contributed by atoms with Crippen molar-refractivity contribution >= 4 is 23.2 Å². The molecular formula is C17H21N5O4. The summed E-state index contributed by atoms with van der Waals surface area (Å²) in [5.74, 6) is -0.531. The van der Waals surface area contributed by atoms with Gasteiger partial charge in [0, 0.05) is 30.8 Å². The lowest BCUT2D eigenvalue weighted by Crippen LogP contribution is -2.30. The maximum Gasteiger partial charge on any atom is 0.272 e. The van der Waals surface area contributed by atoms with Crippen molar-refractivity contribution in [2.24, 2.45) is 13.0 Å². The van der Waals surface area contributed by atoms with E-state index in [-0.39, 0.29) is 34.5 Å². The average Bonchev–Trinajstić information content (AvgIpc) is 2.92. The van der Waals surface area contributed by atoms with Crippen LogP contribution in [0.5, 0.6) is 0 Å². The highest BCUT2D eigenvalue weighted by Gasteiger charge is 2.20. The second kappa shape index (κ2) is 7.77. The molecule has 0 radical (unpaired) electrons. The van der Waals surface area contributed by atoms with Gasteiger partial charge in [0.2, 0.25) is 0 Å². The monoisotopic (exact) mass is 359 g/mol. The molecule has 1 aromatic heterocycles. The van der Waals surface area contributed by atoms with E-state index >= 15 is 0 Å². The second-order valence-corrected chi connectivity index (χ2v) is 6.35. The maximum absolute atomic E-state index is 12.4. The predicted octanol–water partition coefficient (Wildman–Crippen LogP) is 2.27. The van der Waals surface area contributed by atoms with Crippen molar-refractivity contribution < 1.29 is 14.5 Å². The highest BCUT2D eigenvalue weighted by Crippen LogP contribution is 2.20. The van der Waals surface area contributed by atoms with Crippen molar-refractivity contribution in [2.45, 2.75) is 20.8 Å². The number of nitro benzene ring substituents is 1. The minimum absolute atomic E-state index is 0.0586. The SMILES string of the molecule is Cc1cc(C(=O)Nc2cnn(C)c2C(=O)NCC(C)C)ccc1[N+](=O)[O-]. The van der Waals surface area contributed by atoms with Crippen LogP contribution in [0.2, 0.25) is 0 Å². The van der Waals surface area contributed by atoms with Gasteiger partial charge in [0.1, 0.15) is 5.69 Å². The van der Waals surface area contributed by atoms with E-state index in [9.17, 15) is 19.7 Å². The summed E-state index contributed by atoms with van der Waals surface area (Å²) in [6, 6.07) is 4.08. The molecule has 1 heterocycles. The number of nitro groups is 1. The Balaban J connectivity index is 2.21. The van der Waals surface area contributed by atoms with Crippen molar-refractivity contribution in [1.29, 1.82) is 0 Å². The van der Waals surface area contributed by atoms with Crippen LogP contribution in [-0.4, -0.2) is 33.1 Å². The first-order valence-corrected chi connectivity index (χ1v) is 8.07. The summed E-state index contributed by atoms with van der Waals surface area (Å²) in [5, 5.41) is 20.3. The fourth-order valence-electron chi connectivity index (χ4n) is 2.37. The van der Waals surface area contributed by atoms with Gasteiger partial charge in [-0.25, -0.2) is 0 Å². The molecule has 0 aliphatic heterocycles. The fraction of sp³-hybridized carbons (Fsp3) is 0.353. The Labute approximate surface area is 150 Å². The van der Waals surface area contributed by atoms with E-state index in [1.165, 1.54) is 29.1 Å². The quantitative estimate of drug-likeness (QED) is 0.606. The average molecular weight is 359 g/mol. The molecule has 9 nitrogen and oxygen atoms in total. The first-order chi connectivity index (χ1) is 12.2. The standard InChI is InChI=1S/C17H21N5O4/c1-10(2)8-18-17(24)15-13(9-19-21(15)4)20-16(23)12-5-6-14(22(25)26)11(3)7-12/h5-7,9-10H,8H2,1-4H3,(H,18,24)(H,20,23). The third kappa shape index (κ3) is 4.24. The van der Waals surface area contributed by atoms with Crippen LogP contribution in [0.1, 0.15) is 40.3 Å². The molecule has 0 aliphatic rings. The van der Waals surface area contributed by atoms with Gasteiger partial charge in [-0.3, -0.25) is 24.4 Å². The van der Waals surface area contributed by atoms with Crippen molar-refractivity contribution in [1.82, 2.24) is 15.1 Å². The summed E-state index contributed by atoms with van der Waals surface area (Å²) in [4.78, 5) is 35.2. The van der Waals surface area contributed by atoms with Gasteiger partial charge in [0.25, 0.3) is 17.5 Å². The van der Waals surface area contributed by atoms with Crippen LogP contribution in [0.3, 0.4) is 0 Å². The van der Waals surface area contributed by atoms with Crippen LogP contribution in [0.15, 0.2) is 24.4 Å². The number of nitrogens with one attached hydrogen (secondary N) is 2. The van der Waals surface area contributed by atoms with Crippen LogP contribution in [0.25, 0.3) is 0 Å². The summed E-state index contributed by atoms with van der Waals surface area (Å²) in [6.45, 7) is 6.01. The molecule has 0 bridgehead atoms. The first kappa shape index (κ1) is 19.1. The number of benzene rings is 1. The molecule has 2 rings (SSSR count). The normalized spacial score (nSPS) is 10.7. The van der Waals surface area contributed by atoms with Crippen molar-refractivity contribution in [3.63, 3.8) is 0 Å². The summed E-state index contributed by atoms with van der Waals surface area (Å²) in [6.07, 6.45) is 1.39. The van der Waals surface area contributed by atoms with Gasteiger partial charge in [-0.05, 0) is 25.0 Å². The summed E-state index contributed by atoms with van der Waals surface area (Å²) in [7, 11) is 1.61. The molecular weight excluding hydrogens is 338 g/mol.